The summed E-state index contributed by atoms with van der Waals surface area (Å²) in [6, 6.07) is 0. The third-order valence-electron chi connectivity index (χ3n) is 4.91. The van der Waals surface area contributed by atoms with Gasteiger partial charge in [-0.05, 0) is 44.6 Å². The van der Waals surface area contributed by atoms with E-state index in [1.165, 1.54) is 19.1 Å². The Bertz CT molecular complexity index is 292. The molecule has 104 valence electrons. The number of carbonyl (C=O) groups excluding carboxylic acids is 1. The van der Waals surface area contributed by atoms with E-state index in [4.69, 9.17) is 0 Å². The largest absolute Gasteiger partial charge is 0.393 e. The molecule has 4 unspecified atom stereocenters. The Morgan fingerprint density at radius 1 is 1.50 bits per heavy atom. The second-order valence-electron chi connectivity index (χ2n) is 6.71. The summed E-state index contributed by atoms with van der Waals surface area (Å²) in [5.74, 6) is 1.08. The van der Waals surface area contributed by atoms with Crippen molar-refractivity contribution in [1.82, 2.24) is 4.90 Å². The van der Waals surface area contributed by atoms with Crippen molar-refractivity contribution >= 4 is 6.29 Å². The first-order chi connectivity index (χ1) is 8.54. The van der Waals surface area contributed by atoms with Gasteiger partial charge in [0.05, 0.1) is 6.10 Å². The van der Waals surface area contributed by atoms with E-state index >= 15 is 0 Å². The van der Waals surface area contributed by atoms with Crippen molar-refractivity contribution in [1.29, 1.82) is 0 Å². The van der Waals surface area contributed by atoms with E-state index in [2.05, 4.69) is 11.8 Å². The molecule has 0 amide bonds. The Balaban J connectivity index is 1.93. The first kappa shape index (κ1) is 14.0. The van der Waals surface area contributed by atoms with Gasteiger partial charge in [-0.2, -0.15) is 0 Å². The Labute approximate surface area is 111 Å². The molecule has 4 atom stereocenters. The van der Waals surface area contributed by atoms with Crippen molar-refractivity contribution in [2.24, 2.45) is 17.3 Å². The van der Waals surface area contributed by atoms with Gasteiger partial charge in [-0.25, -0.2) is 0 Å². The second-order valence-corrected chi connectivity index (χ2v) is 6.71. The molecular weight excluding hydrogens is 226 g/mol. The number of carbonyl (C=O) groups is 1. The highest BCUT2D eigenvalue weighted by atomic mass is 16.3. The Hall–Kier alpha value is -0.410. The van der Waals surface area contributed by atoms with Gasteiger partial charge >= 0.3 is 0 Å². The molecule has 0 aromatic carbocycles. The first-order valence-corrected chi connectivity index (χ1v) is 7.41. The zero-order valence-electron chi connectivity index (χ0n) is 11.8. The summed E-state index contributed by atoms with van der Waals surface area (Å²) < 4.78 is 0. The minimum atomic E-state index is -0.215. The molecule has 18 heavy (non-hydrogen) atoms. The predicted octanol–water partition coefficient (Wildman–Crippen LogP) is 2.08. The van der Waals surface area contributed by atoms with Crippen LogP contribution in [0.3, 0.4) is 0 Å². The van der Waals surface area contributed by atoms with Crippen molar-refractivity contribution in [3.63, 3.8) is 0 Å². The fraction of sp³-hybridized carbons (Fsp3) is 0.933. The van der Waals surface area contributed by atoms with Crippen LogP contribution in [-0.2, 0) is 4.79 Å². The van der Waals surface area contributed by atoms with Gasteiger partial charge in [-0.1, -0.05) is 19.8 Å². The molecule has 1 heterocycles. The molecule has 0 spiro atoms. The number of nitrogens with zero attached hydrogens (tertiary/aromatic N) is 1. The number of hydrogen-bond acceptors (Lipinski definition) is 3. The van der Waals surface area contributed by atoms with E-state index < -0.39 is 0 Å². The van der Waals surface area contributed by atoms with Gasteiger partial charge in [0.2, 0.25) is 0 Å². The van der Waals surface area contributed by atoms with E-state index in [1.807, 2.05) is 6.92 Å². The van der Waals surface area contributed by atoms with Crippen molar-refractivity contribution in [3.05, 3.63) is 0 Å². The summed E-state index contributed by atoms with van der Waals surface area (Å²) in [6.07, 6.45) is 6.63. The van der Waals surface area contributed by atoms with Crippen molar-refractivity contribution < 1.29 is 9.90 Å². The molecule has 0 aromatic heterocycles. The average molecular weight is 253 g/mol. The van der Waals surface area contributed by atoms with Crippen LogP contribution in [0, 0.1) is 17.3 Å². The second kappa shape index (κ2) is 5.70. The van der Waals surface area contributed by atoms with Crippen molar-refractivity contribution in [2.75, 3.05) is 19.6 Å². The lowest BCUT2D eigenvalue weighted by atomic mass is 9.71. The molecule has 3 nitrogen and oxygen atoms in total. The number of rotatable bonds is 4. The molecule has 1 aliphatic heterocycles. The van der Waals surface area contributed by atoms with E-state index in [9.17, 15) is 9.90 Å². The number of likely N-dealkylation sites (tertiary alicyclic amines) is 1. The van der Waals surface area contributed by atoms with Gasteiger partial charge in [-0.3, -0.25) is 0 Å². The zero-order chi connectivity index (χ0) is 13.2. The van der Waals surface area contributed by atoms with Crippen LogP contribution >= 0.6 is 0 Å². The maximum absolute atomic E-state index is 11.6. The minimum absolute atomic E-state index is 0.106. The molecule has 1 saturated carbocycles. The fourth-order valence-corrected chi connectivity index (χ4v) is 3.83. The van der Waals surface area contributed by atoms with Crippen LogP contribution in [0.25, 0.3) is 0 Å². The molecule has 0 bridgehead atoms. The van der Waals surface area contributed by atoms with Crippen molar-refractivity contribution in [3.8, 4) is 0 Å². The summed E-state index contributed by atoms with van der Waals surface area (Å²) in [7, 11) is 0. The lowest BCUT2D eigenvalue weighted by Crippen LogP contribution is -2.41. The Morgan fingerprint density at radius 3 is 2.83 bits per heavy atom. The third kappa shape index (κ3) is 3.12. The Morgan fingerprint density at radius 2 is 2.28 bits per heavy atom. The molecule has 2 rings (SSSR count). The summed E-state index contributed by atoms with van der Waals surface area (Å²) >= 11 is 0. The van der Waals surface area contributed by atoms with Crippen LogP contribution in [0.15, 0.2) is 0 Å². The SMILES string of the molecule is CC1CCCC(C=O)(CN2CCC(C(C)O)C2)C1. The van der Waals surface area contributed by atoms with Gasteiger partial charge in [0.15, 0.2) is 0 Å². The summed E-state index contributed by atoms with van der Waals surface area (Å²) in [6.45, 7) is 7.05. The van der Waals surface area contributed by atoms with E-state index in [1.54, 1.807) is 0 Å². The summed E-state index contributed by atoms with van der Waals surface area (Å²) in [5, 5.41) is 9.64. The number of hydrogen-bond donors (Lipinski definition) is 1. The lowest BCUT2D eigenvalue weighted by molar-refractivity contribution is -0.119. The quantitative estimate of drug-likeness (QED) is 0.780. The highest BCUT2D eigenvalue weighted by Gasteiger charge is 2.38. The van der Waals surface area contributed by atoms with Gasteiger partial charge in [0.25, 0.3) is 0 Å². The molecule has 1 aliphatic carbocycles. The number of aliphatic hydroxyl groups is 1. The van der Waals surface area contributed by atoms with Crippen LogP contribution in [0.1, 0.15) is 46.0 Å². The third-order valence-corrected chi connectivity index (χ3v) is 4.91. The van der Waals surface area contributed by atoms with E-state index in [0.717, 1.165) is 38.9 Å². The van der Waals surface area contributed by atoms with Gasteiger partial charge < -0.3 is 14.8 Å². The van der Waals surface area contributed by atoms with Crippen molar-refractivity contribution in [2.45, 2.75) is 52.1 Å². The van der Waals surface area contributed by atoms with Gasteiger partial charge in [-0.15, -0.1) is 0 Å². The van der Waals surface area contributed by atoms with E-state index in [0.29, 0.717) is 11.8 Å². The predicted molar refractivity (Wildman–Crippen MR) is 72.4 cm³/mol. The summed E-state index contributed by atoms with van der Waals surface area (Å²) in [4.78, 5) is 13.9. The zero-order valence-corrected chi connectivity index (χ0v) is 11.8. The topological polar surface area (TPSA) is 40.5 Å². The van der Waals surface area contributed by atoms with Crippen LogP contribution in [-0.4, -0.2) is 42.0 Å². The maximum Gasteiger partial charge on any atom is 0.127 e. The monoisotopic (exact) mass is 253 g/mol. The van der Waals surface area contributed by atoms with Crippen LogP contribution in [0.5, 0.6) is 0 Å². The smallest absolute Gasteiger partial charge is 0.127 e. The van der Waals surface area contributed by atoms with Gasteiger partial charge in [0.1, 0.15) is 6.29 Å². The molecule has 0 radical (unpaired) electrons. The molecule has 1 saturated heterocycles. The Kier molecular flexibility index (Phi) is 4.44. The first-order valence-electron chi connectivity index (χ1n) is 7.41. The lowest BCUT2D eigenvalue weighted by Gasteiger charge is -2.38. The van der Waals surface area contributed by atoms with Crippen LogP contribution in [0.2, 0.25) is 0 Å². The van der Waals surface area contributed by atoms with Gasteiger partial charge in [0, 0.05) is 18.5 Å². The normalized spacial score (nSPS) is 39.7. The molecule has 1 N–H and O–H groups in total. The molecule has 2 fully saturated rings. The molecule has 2 aliphatic rings. The number of aliphatic hydroxyl groups excluding tert-OH is 1. The number of aldehydes is 1. The maximum atomic E-state index is 11.6. The highest BCUT2D eigenvalue weighted by Crippen LogP contribution is 2.39. The molecule has 0 aromatic rings. The molecule has 3 heteroatoms. The minimum Gasteiger partial charge on any atom is -0.393 e. The van der Waals surface area contributed by atoms with Crippen LogP contribution < -0.4 is 0 Å². The average Bonchev–Trinajstić information content (AvgIpc) is 2.77. The summed E-state index contributed by atoms with van der Waals surface area (Å²) in [5.41, 5.74) is -0.106. The standard InChI is InChI=1S/C15H27NO2/c1-12-4-3-6-15(8-12,11-17)10-16-7-5-14(9-16)13(2)18/h11-14,18H,3-10H2,1-2H3. The van der Waals surface area contributed by atoms with E-state index in [-0.39, 0.29) is 11.5 Å². The highest BCUT2D eigenvalue weighted by molar-refractivity contribution is 5.60. The molecular formula is C15H27NO2. The van der Waals surface area contributed by atoms with Crippen LogP contribution in [0.4, 0.5) is 0 Å². The fourth-order valence-electron chi connectivity index (χ4n) is 3.83.